The molecule has 2 fully saturated rings. The van der Waals surface area contributed by atoms with Gasteiger partial charge in [-0.15, -0.1) is 0 Å². The minimum atomic E-state index is -4.02. The van der Waals surface area contributed by atoms with Crippen LogP contribution in [0.4, 0.5) is 27.8 Å². The molecule has 0 unspecified atom stereocenters. The number of anilines is 1. The standard InChI is InChI=1S/C41H46ClF5N8O5S/c1-21-14-29(40(45)10-12-41(46,47)13-11-40)49-33-30(21)37(57)54(35(50-33)27(48)17-23-15-24(43)18-25(44)16-23)28-9-8-26(42)31-32(28)55(51-34(31)52-61(7,58)59)22(2)36(56)53-19-38(3,4)60-39(5,6)20-53/h8-9,14-16,18,22,27H,10-13,17,19-20,48H2,1-7H3,(H,51,52)/t22-,27+/m1/s1. The first-order valence-corrected chi connectivity index (χ1v) is 21.8. The van der Waals surface area contributed by atoms with Gasteiger partial charge >= 0.3 is 0 Å². The van der Waals surface area contributed by atoms with E-state index in [1.54, 1.807) is 11.8 Å². The van der Waals surface area contributed by atoms with Crippen molar-refractivity contribution in [2.45, 2.75) is 109 Å². The van der Waals surface area contributed by atoms with Crippen molar-refractivity contribution < 1.29 is 39.9 Å². The van der Waals surface area contributed by atoms with E-state index in [1.807, 2.05) is 27.7 Å². The van der Waals surface area contributed by atoms with Gasteiger partial charge in [-0.3, -0.25) is 18.9 Å². The van der Waals surface area contributed by atoms with Crippen LogP contribution in [0.2, 0.25) is 5.02 Å². The number of halogens is 6. The summed E-state index contributed by atoms with van der Waals surface area (Å²) in [6, 6.07) is 4.42. The summed E-state index contributed by atoms with van der Waals surface area (Å²) in [6.07, 6.45) is -1.87. The summed E-state index contributed by atoms with van der Waals surface area (Å²) >= 11 is 6.80. The molecule has 4 heterocycles. The average molecular weight is 893 g/mol. The van der Waals surface area contributed by atoms with Crippen LogP contribution in [-0.2, 0) is 31.6 Å². The van der Waals surface area contributed by atoms with Gasteiger partial charge in [0.2, 0.25) is 21.9 Å². The summed E-state index contributed by atoms with van der Waals surface area (Å²) in [5.74, 6) is -5.75. The van der Waals surface area contributed by atoms with E-state index in [9.17, 15) is 30.8 Å². The predicted octanol–water partition coefficient (Wildman–Crippen LogP) is 7.34. The smallest absolute Gasteiger partial charge is 0.268 e. The Balaban J connectivity index is 1.50. The number of carbonyl (C=O) groups excluding carboxylic acids is 1. The second-order valence-electron chi connectivity index (χ2n) is 17.5. The van der Waals surface area contributed by atoms with Crippen LogP contribution in [0.15, 0.2) is 41.2 Å². The first-order chi connectivity index (χ1) is 28.2. The zero-order valence-electron chi connectivity index (χ0n) is 34.5. The molecule has 1 aliphatic heterocycles. The van der Waals surface area contributed by atoms with Crippen LogP contribution in [0.1, 0.15) is 95.0 Å². The van der Waals surface area contributed by atoms with Gasteiger partial charge in [0.25, 0.3) is 5.56 Å². The van der Waals surface area contributed by atoms with Crippen LogP contribution in [0.5, 0.6) is 0 Å². The Morgan fingerprint density at radius 3 is 2.16 bits per heavy atom. The molecule has 3 N–H and O–H groups in total. The Hall–Kier alpha value is -4.72. The van der Waals surface area contributed by atoms with Crippen LogP contribution in [0.25, 0.3) is 27.6 Å². The Morgan fingerprint density at radius 1 is 0.967 bits per heavy atom. The van der Waals surface area contributed by atoms with Gasteiger partial charge in [0.1, 0.15) is 23.5 Å². The number of alkyl halides is 3. The molecular weight excluding hydrogens is 847 g/mol. The molecule has 0 spiro atoms. The lowest BCUT2D eigenvalue weighted by molar-refractivity contribution is -0.189. The molecule has 0 bridgehead atoms. The van der Waals surface area contributed by atoms with Gasteiger partial charge in [-0.05, 0) is 102 Å². The van der Waals surface area contributed by atoms with Gasteiger partial charge in [0, 0.05) is 32.0 Å². The summed E-state index contributed by atoms with van der Waals surface area (Å²) in [6.45, 7) is 10.8. The number of nitrogens with one attached hydrogen (secondary N) is 1. The number of pyridine rings is 1. The van der Waals surface area contributed by atoms with Crippen LogP contribution in [-0.4, -0.2) is 80.0 Å². The first kappa shape index (κ1) is 44.3. The number of nitrogens with zero attached hydrogens (tertiary/aromatic N) is 6. The van der Waals surface area contributed by atoms with Crippen molar-refractivity contribution in [2.75, 3.05) is 24.1 Å². The van der Waals surface area contributed by atoms with Crippen molar-refractivity contribution in [3.63, 3.8) is 0 Å². The third-order valence-electron chi connectivity index (χ3n) is 11.0. The van der Waals surface area contributed by atoms with Crippen LogP contribution in [0.3, 0.4) is 0 Å². The molecule has 2 aliphatic rings. The summed E-state index contributed by atoms with van der Waals surface area (Å²) in [5, 5.41) is 4.45. The number of fused-ring (bicyclic) bond motifs is 2. The average Bonchev–Trinajstić information content (AvgIpc) is 3.49. The Kier molecular flexibility index (Phi) is 11.1. The number of hydrogen-bond donors (Lipinski definition) is 2. The molecule has 0 radical (unpaired) electrons. The highest BCUT2D eigenvalue weighted by Crippen LogP contribution is 2.46. The number of aromatic nitrogens is 5. The summed E-state index contributed by atoms with van der Waals surface area (Å²) < 4.78 is 110. The van der Waals surface area contributed by atoms with Gasteiger partial charge in [-0.1, -0.05) is 11.6 Å². The molecule has 5 aromatic rings. The zero-order valence-corrected chi connectivity index (χ0v) is 36.1. The minimum absolute atomic E-state index is 0.00395. The second-order valence-corrected chi connectivity index (χ2v) is 19.6. The van der Waals surface area contributed by atoms with Crippen molar-refractivity contribution in [2.24, 2.45) is 5.73 Å². The van der Waals surface area contributed by atoms with Crippen molar-refractivity contribution >= 4 is 55.3 Å². The zero-order chi connectivity index (χ0) is 44.8. The second kappa shape index (κ2) is 15.3. The van der Waals surface area contributed by atoms with E-state index in [0.717, 1.165) is 23.0 Å². The number of amides is 1. The number of benzene rings is 2. The molecule has 2 aromatic carbocycles. The molecule has 13 nitrogen and oxygen atoms in total. The Bertz CT molecular complexity index is 2730. The van der Waals surface area contributed by atoms with Crippen molar-refractivity contribution in [3.8, 4) is 5.69 Å². The normalized spacial score (nSPS) is 19.5. The van der Waals surface area contributed by atoms with E-state index < -0.39 is 93.7 Å². The number of hydrogen-bond acceptors (Lipinski definition) is 9. The number of nitrogens with two attached hydrogens (primary N) is 1. The fourth-order valence-electron chi connectivity index (χ4n) is 8.67. The van der Waals surface area contributed by atoms with Crippen molar-refractivity contribution in [1.29, 1.82) is 0 Å². The lowest BCUT2D eigenvalue weighted by atomic mass is 9.81. The molecule has 328 valence electrons. The largest absolute Gasteiger partial charge is 0.366 e. The van der Waals surface area contributed by atoms with Gasteiger partial charge in [0.15, 0.2) is 17.1 Å². The van der Waals surface area contributed by atoms with E-state index in [4.69, 9.17) is 27.1 Å². The molecule has 7 rings (SSSR count). The summed E-state index contributed by atoms with van der Waals surface area (Å²) in [7, 11) is -4.02. The molecule has 2 atom stereocenters. The quantitative estimate of drug-likeness (QED) is 0.144. The van der Waals surface area contributed by atoms with E-state index in [1.165, 1.54) is 29.8 Å². The lowest BCUT2D eigenvalue weighted by Gasteiger charge is -2.47. The molecule has 61 heavy (non-hydrogen) atoms. The summed E-state index contributed by atoms with van der Waals surface area (Å²) in [4.78, 5) is 40.3. The minimum Gasteiger partial charge on any atom is -0.366 e. The molecule has 1 saturated heterocycles. The fraction of sp³-hybridized carbons (Fsp3) is 0.488. The lowest BCUT2D eigenvalue weighted by Crippen LogP contribution is -2.59. The maximum atomic E-state index is 16.4. The molecule has 1 aliphatic carbocycles. The molecular formula is C41H46ClF5N8O5S. The SMILES string of the molecule is Cc1cc(C2(F)CCC(F)(F)CC2)nc2nc([C@@H](N)Cc3cc(F)cc(F)c3)n(-c3ccc(Cl)c4c(NS(C)(=O)=O)nn([C@H](C)C(=O)N5CC(C)(C)OC(C)(C)C5)c34)c(=O)c12. The predicted molar refractivity (Wildman–Crippen MR) is 220 cm³/mol. The summed E-state index contributed by atoms with van der Waals surface area (Å²) in [5.41, 5.74) is 2.07. The maximum Gasteiger partial charge on any atom is 0.268 e. The van der Waals surface area contributed by atoms with Crippen molar-refractivity contribution in [3.05, 3.63) is 86.1 Å². The first-order valence-electron chi connectivity index (χ1n) is 19.6. The van der Waals surface area contributed by atoms with E-state index in [2.05, 4.69) is 14.8 Å². The molecule has 1 saturated carbocycles. The number of morpholine rings is 1. The third kappa shape index (κ3) is 8.83. The highest BCUT2D eigenvalue weighted by atomic mass is 35.5. The third-order valence-corrected chi connectivity index (χ3v) is 11.9. The number of carbonyl (C=O) groups is 1. The number of aryl methyl sites for hydroxylation is 1. The molecule has 20 heteroatoms. The van der Waals surface area contributed by atoms with Crippen molar-refractivity contribution in [1.82, 2.24) is 29.2 Å². The monoisotopic (exact) mass is 892 g/mol. The molecule has 1 amide bonds. The van der Waals surface area contributed by atoms with E-state index >= 15 is 9.18 Å². The Morgan fingerprint density at radius 2 is 1.57 bits per heavy atom. The fourth-order valence-corrected chi connectivity index (χ4v) is 9.41. The van der Waals surface area contributed by atoms with Gasteiger partial charge in [-0.25, -0.2) is 45.0 Å². The number of rotatable bonds is 9. The van der Waals surface area contributed by atoms with Crippen LogP contribution in [0, 0.1) is 18.6 Å². The Labute approximate surface area is 353 Å². The number of ether oxygens (including phenoxy) is 1. The van der Waals surface area contributed by atoms with Crippen LogP contribution >= 0.6 is 11.6 Å². The topological polar surface area (TPSA) is 167 Å². The number of sulfonamides is 1. The van der Waals surface area contributed by atoms with E-state index in [-0.39, 0.29) is 80.6 Å². The molecule has 3 aromatic heterocycles. The van der Waals surface area contributed by atoms with Gasteiger partial charge in [0.05, 0.1) is 56.2 Å². The van der Waals surface area contributed by atoms with Crippen LogP contribution < -0.4 is 16.0 Å². The highest BCUT2D eigenvalue weighted by Gasteiger charge is 2.46. The maximum absolute atomic E-state index is 16.4. The van der Waals surface area contributed by atoms with Gasteiger partial charge in [-0.2, -0.15) is 5.10 Å². The van der Waals surface area contributed by atoms with Gasteiger partial charge < -0.3 is 15.4 Å². The highest BCUT2D eigenvalue weighted by molar-refractivity contribution is 7.92. The van der Waals surface area contributed by atoms with E-state index in [0.29, 0.717) is 6.07 Å².